The number of hydrogen-bond donors (Lipinski definition) is 1. The van der Waals surface area contributed by atoms with Gasteiger partial charge in [-0.05, 0) is 6.92 Å². The van der Waals surface area contributed by atoms with Gasteiger partial charge in [-0.2, -0.15) is 0 Å². The number of halogens is 1. The molecule has 4 nitrogen and oxygen atoms in total. The summed E-state index contributed by atoms with van der Waals surface area (Å²) in [5.74, 6) is 0.650. The molecule has 0 fully saturated rings. The number of likely N-dealkylation sites (N-methyl/N-ethyl adjacent to an activating group) is 1. The third-order valence-corrected chi connectivity index (χ3v) is 2.63. The van der Waals surface area contributed by atoms with Gasteiger partial charge in [-0.3, -0.25) is 4.79 Å². The van der Waals surface area contributed by atoms with Crippen molar-refractivity contribution in [3.8, 4) is 0 Å². The molecule has 0 bridgehead atoms. The van der Waals surface area contributed by atoms with Crippen LogP contribution in [0.25, 0.3) is 0 Å². The number of anilines is 1. The number of amides is 1. The van der Waals surface area contributed by atoms with Crippen LogP contribution in [-0.4, -0.2) is 35.9 Å². The largest absolute Gasteiger partial charge is 0.358 e. The first-order valence-corrected chi connectivity index (χ1v) is 5.35. The van der Waals surface area contributed by atoms with Gasteiger partial charge in [0, 0.05) is 19.5 Å². The summed E-state index contributed by atoms with van der Waals surface area (Å²) >= 11 is 6.99. The van der Waals surface area contributed by atoms with Crippen molar-refractivity contribution in [2.45, 2.75) is 13.0 Å². The summed E-state index contributed by atoms with van der Waals surface area (Å²) < 4.78 is 0.469. The molecule has 0 aliphatic heterocycles. The van der Waals surface area contributed by atoms with Crippen LogP contribution in [0.15, 0.2) is 5.38 Å². The van der Waals surface area contributed by atoms with Crippen molar-refractivity contribution in [3.05, 3.63) is 9.85 Å². The quantitative estimate of drug-likeness (QED) is 0.864. The van der Waals surface area contributed by atoms with Crippen molar-refractivity contribution in [2.24, 2.45) is 0 Å². The SMILES string of the molecule is CC(Nc1csc(Cl)n1)C(=O)N(C)C. The van der Waals surface area contributed by atoms with Crippen LogP contribution in [-0.2, 0) is 4.79 Å². The lowest BCUT2D eigenvalue weighted by atomic mass is 10.3. The van der Waals surface area contributed by atoms with E-state index in [9.17, 15) is 4.79 Å². The molecule has 0 radical (unpaired) electrons. The maximum atomic E-state index is 11.5. The Morgan fingerprint density at radius 2 is 2.36 bits per heavy atom. The Kier molecular flexibility index (Phi) is 3.71. The van der Waals surface area contributed by atoms with E-state index in [1.54, 1.807) is 26.4 Å². The molecule has 1 aromatic heterocycles. The number of aromatic nitrogens is 1. The molecule has 1 rings (SSSR count). The molecule has 1 heterocycles. The van der Waals surface area contributed by atoms with Crippen molar-refractivity contribution in [1.82, 2.24) is 9.88 Å². The van der Waals surface area contributed by atoms with Crippen LogP contribution in [0.4, 0.5) is 5.82 Å². The molecule has 0 aliphatic rings. The van der Waals surface area contributed by atoms with Crippen LogP contribution in [0.5, 0.6) is 0 Å². The number of nitrogens with zero attached hydrogens (tertiary/aromatic N) is 2. The van der Waals surface area contributed by atoms with E-state index in [1.165, 1.54) is 16.2 Å². The standard InChI is InChI=1S/C8H12ClN3OS/c1-5(7(13)12(2)3)10-6-4-14-8(9)11-6/h4-5,10H,1-3H3. The highest BCUT2D eigenvalue weighted by molar-refractivity contribution is 7.14. The lowest BCUT2D eigenvalue weighted by molar-refractivity contribution is -0.129. The van der Waals surface area contributed by atoms with E-state index >= 15 is 0 Å². The minimum absolute atomic E-state index is 0.00845. The van der Waals surface area contributed by atoms with Crippen LogP contribution in [0.3, 0.4) is 0 Å². The lowest BCUT2D eigenvalue weighted by Crippen LogP contribution is -2.36. The number of thiazole rings is 1. The molecule has 1 unspecified atom stereocenters. The fraction of sp³-hybridized carbons (Fsp3) is 0.500. The van der Waals surface area contributed by atoms with E-state index in [1.807, 2.05) is 0 Å². The summed E-state index contributed by atoms with van der Waals surface area (Å²) in [4.78, 5) is 17.0. The monoisotopic (exact) mass is 233 g/mol. The maximum Gasteiger partial charge on any atom is 0.244 e. The summed E-state index contributed by atoms with van der Waals surface area (Å²) in [5.41, 5.74) is 0. The van der Waals surface area contributed by atoms with E-state index in [0.29, 0.717) is 10.3 Å². The van der Waals surface area contributed by atoms with Crippen molar-refractivity contribution < 1.29 is 4.79 Å². The van der Waals surface area contributed by atoms with Gasteiger partial charge in [0.25, 0.3) is 0 Å². The van der Waals surface area contributed by atoms with Crippen LogP contribution in [0, 0.1) is 0 Å². The van der Waals surface area contributed by atoms with Gasteiger partial charge >= 0.3 is 0 Å². The Hall–Kier alpha value is -0.810. The molecule has 0 aliphatic carbocycles. The number of carbonyl (C=O) groups is 1. The molecule has 0 aromatic carbocycles. The highest BCUT2D eigenvalue weighted by atomic mass is 35.5. The molecule has 6 heteroatoms. The average Bonchev–Trinajstić information content (AvgIpc) is 2.49. The van der Waals surface area contributed by atoms with Crippen molar-refractivity contribution >= 4 is 34.7 Å². The predicted molar refractivity (Wildman–Crippen MR) is 58.9 cm³/mol. The van der Waals surface area contributed by atoms with E-state index in [2.05, 4.69) is 10.3 Å². The highest BCUT2D eigenvalue weighted by Crippen LogP contribution is 2.19. The zero-order valence-corrected chi connectivity index (χ0v) is 9.82. The first-order valence-electron chi connectivity index (χ1n) is 4.09. The minimum atomic E-state index is -0.289. The zero-order chi connectivity index (χ0) is 10.7. The van der Waals surface area contributed by atoms with Crippen LogP contribution < -0.4 is 5.32 Å². The Morgan fingerprint density at radius 3 is 2.79 bits per heavy atom. The smallest absolute Gasteiger partial charge is 0.244 e. The van der Waals surface area contributed by atoms with Gasteiger partial charge in [-0.25, -0.2) is 4.98 Å². The molecule has 1 aromatic rings. The van der Waals surface area contributed by atoms with Gasteiger partial charge in [0.1, 0.15) is 11.9 Å². The van der Waals surface area contributed by atoms with Gasteiger partial charge < -0.3 is 10.2 Å². The number of rotatable bonds is 3. The molecule has 1 atom stereocenters. The highest BCUT2D eigenvalue weighted by Gasteiger charge is 2.15. The normalized spacial score (nSPS) is 12.3. The van der Waals surface area contributed by atoms with Gasteiger partial charge in [-0.15, -0.1) is 11.3 Å². The molecule has 0 spiro atoms. The second-order valence-electron chi connectivity index (χ2n) is 3.08. The van der Waals surface area contributed by atoms with Gasteiger partial charge in [-0.1, -0.05) is 11.6 Å². The molecule has 0 saturated carbocycles. The van der Waals surface area contributed by atoms with Gasteiger partial charge in [0.2, 0.25) is 5.91 Å². The second-order valence-corrected chi connectivity index (χ2v) is 4.52. The molecular formula is C8H12ClN3OS. The van der Waals surface area contributed by atoms with E-state index < -0.39 is 0 Å². The Balaban J connectivity index is 2.57. The number of hydrogen-bond acceptors (Lipinski definition) is 4. The topological polar surface area (TPSA) is 45.2 Å². The van der Waals surface area contributed by atoms with E-state index in [4.69, 9.17) is 11.6 Å². The third-order valence-electron chi connectivity index (χ3n) is 1.65. The fourth-order valence-corrected chi connectivity index (χ4v) is 1.69. The van der Waals surface area contributed by atoms with Crippen molar-refractivity contribution in [1.29, 1.82) is 0 Å². The molecule has 78 valence electrons. The summed E-state index contributed by atoms with van der Waals surface area (Å²) in [6.07, 6.45) is 0. The summed E-state index contributed by atoms with van der Waals surface area (Å²) in [6, 6.07) is -0.289. The third kappa shape index (κ3) is 2.85. The van der Waals surface area contributed by atoms with Crippen molar-refractivity contribution in [3.63, 3.8) is 0 Å². The van der Waals surface area contributed by atoms with Crippen LogP contribution >= 0.6 is 22.9 Å². The Bertz CT molecular complexity index is 326. The fourth-order valence-electron chi connectivity index (χ4n) is 0.989. The summed E-state index contributed by atoms with van der Waals surface area (Å²) in [5, 5.41) is 4.75. The van der Waals surface area contributed by atoms with E-state index in [-0.39, 0.29) is 11.9 Å². The maximum absolute atomic E-state index is 11.5. The molecule has 0 saturated heterocycles. The lowest BCUT2D eigenvalue weighted by Gasteiger charge is -2.17. The van der Waals surface area contributed by atoms with Crippen molar-refractivity contribution in [2.75, 3.05) is 19.4 Å². The second kappa shape index (κ2) is 4.61. The number of carbonyl (C=O) groups excluding carboxylic acids is 1. The Labute approximate surface area is 91.9 Å². The number of nitrogens with one attached hydrogen (secondary N) is 1. The zero-order valence-electron chi connectivity index (χ0n) is 8.24. The molecule has 14 heavy (non-hydrogen) atoms. The predicted octanol–water partition coefficient (Wildman–Crippen LogP) is 1.69. The Morgan fingerprint density at radius 1 is 1.71 bits per heavy atom. The first kappa shape index (κ1) is 11.3. The van der Waals surface area contributed by atoms with Gasteiger partial charge in [0.05, 0.1) is 0 Å². The minimum Gasteiger partial charge on any atom is -0.358 e. The van der Waals surface area contributed by atoms with E-state index in [0.717, 1.165) is 0 Å². The summed E-state index contributed by atoms with van der Waals surface area (Å²) in [7, 11) is 3.43. The molecule has 1 amide bonds. The summed E-state index contributed by atoms with van der Waals surface area (Å²) in [6.45, 7) is 1.79. The first-order chi connectivity index (χ1) is 6.50. The van der Waals surface area contributed by atoms with Crippen LogP contribution in [0.2, 0.25) is 4.47 Å². The molecular weight excluding hydrogens is 222 g/mol. The van der Waals surface area contributed by atoms with Gasteiger partial charge in [0.15, 0.2) is 4.47 Å². The van der Waals surface area contributed by atoms with Crippen LogP contribution in [0.1, 0.15) is 6.92 Å². The average molecular weight is 234 g/mol. The molecule has 1 N–H and O–H groups in total.